The van der Waals surface area contributed by atoms with Gasteiger partial charge in [0.15, 0.2) is 0 Å². The molecule has 0 atom stereocenters. The Hall–Kier alpha value is -1.30. The van der Waals surface area contributed by atoms with Crippen molar-refractivity contribution in [2.45, 2.75) is 45.1 Å². The molecule has 0 radical (unpaired) electrons. The van der Waals surface area contributed by atoms with Crippen LogP contribution in [0.1, 0.15) is 39.5 Å². The second-order valence-electron chi connectivity index (χ2n) is 6.17. The van der Waals surface area contributed by atoms with Gasteiger partial charge in [0, 0.05) is 26.6 Å². The Morgan fingerprint density at radius 2 is 1.85 bits per heavy atom. The van der Waals surface area contributed by atoms with E-state index >= 15 is 0 Å². The average molecular weight is 286 g/mol. The smallest absolute Gasteiger partial charge is 0.320 e. The summed E-state index contributed by atoms with van der Waals surface area (Å²) in [5.74, 6) is -0.362. The number of carbonyl (C=O) groups is 2. The molecule has 0 unspecified atom stereocenters. The molecule has 2 amide bonds. The third kappa shape index (κ3) is 4.37. The number of carbonyl (C=O) groups excluding carboxylic acids is 1. The normalized spacial score (nSPS) is 17.1. The molecule has 6 nitrogen and oxygen atoms in total. The van der Waals surface area contributed by atoms with E-state index in [-0.39, 0.29) is 19.1 Å². The largest absolute Gasteiger partial charge is 0.481 e. The van der Waals surface area contributed by atoms with E-state index in [1.54, 1.807) is 16.8 Å². The van der Waals surface area contributed by atoms with Crippen molar-refractivity contribution in [3.8, 4) is 0 Å². The van der Waals surface area contributed by atoms with Crippen LogP contribution in [0.3, 0.4) is 0 Å². The van der Waals surface area contributed by atoms with Crippen LogP contribution in [0.15, 0.2) is 0 Å². The van der Waals surface area contributed by atoms with Crippen molar-refractivity contribution in [2.75, 3.05) is 26.7 Å². The van der Waals surface area contributed by atoms with Gasteiger partial charge in [-0.1, -0.05) is 0 Å². The fourth-order valence-electron chi connectivity index (χ4n) is 2.32. The number of rotatable bonds is 5. The van der Waals surface area contributed by atoms with Crippen molar-refractivity contribution < 1.29 is 19.8 Å². The molecule has 1 rings (SSSR count). The van der Waals surface area contributed by atoms with Crippen molar-refractivity contribution in [2.24, 2.45) is 5.92 Å². The summed E-state index contributed by atoms with van der Waals surface area (Å²) in [6.07, 6.45) is 2.60. The van der Waals surface area contributed by atoms with Crippen LogP contribution in [0.5, 0.6) is 0 Å². The lowest BCUT2D eigenvalue weighted by Gasteiger charge is -2.40. The summed E-state index contributed by atoms with van der Waals surface area (Å²) >= 11 is 0. The summed E-state index contributed by atoms with van der Waals surface area (Å²) < 4.78 is 0. The molecular formula is C14H26N2O4. The van der Waals surface area contributed by atoms with Crippen LogP contribution >= 0.6 is 0 Å². The van der Waals surface area contributed by atoms with Gasteiger partial charge < -0.3 is 20.0 Å². The SMILES string of the molecule is CN(C(=O)N1CCC(CCC(=O)O)CC1)C(C)(C)CO. The molecule has 116 valence electrons. The topological polar surface area (TPSA) is 81.1 Å². The predicted molar refractivity (Wildman–Crippen MR) is 75.5 cm³/mol. The average Bonchev–Trinajstić information content (AvgIpc) is 2.44. The molecule has 0 aromatic heterocycles. The lowest BCUT2D eigenvalue weighted by molar-refractivity contribution is -0.137. The van der Waals surface area contributed by atoms with E-state index in [0.29, 0.717) is 25.4 Å². The summed E-state index contributed by atoms with van der Waals surface area (Å²) in [6.45, 7) is 4.89. The summed E-state index contributed by atoms with van der Waals surface area (Å²) in [7, 11) is 1.70. The summed E-state index contributed by atoms with van der Waals surface area (Å²) in [5.41, 5.74) is -0.572. The first-order valence-corrected chi connectivity index (χ1v) is 7.13. The predicted octanol–water partition coefficient (Wildman–Crippen LogP) is 1.39. The molecule has 0 saturated carbocycles. The third-order valence-corrected chi connectivity index (χ3v) is 4.23. The first kappa shape index (κ1) is 16.8. The molecule has 1 aliphatic heterocycles. The van der Waals surface area contributed by atoms with Crippen LogP contribution < -0.4 is 0 Å². The minimum atomic E-state index is -0.757. The number of aliphatic hydroxyl groups excluding tert-OH is 1. The summed E-state index contributed by atoms with van der Waals surface area (Å²) in [4.78, 5) is 26.2. The maximum absolute atomic E-state index is 12.3. The number of hydrogen-bond donors (Lipinski definition) is 2. The second kappa shape index (κ2) is 6.92. The maximum atomic E-state index is 12.3. The van der Waals surface area contributed by atoms with Gasteiger partial charge in [0.1, 0.15) is 0 Å². The summed E-state index contributed by atoms with van der Waals surface area (Å²) in [6, 6.07) is -0.0688. The molecule has 2 N–H and O–H groups in total. The number of nitrogens with zero attached hydrogens (tertiary/aromatic N) is 2. The lowest BCUT2D eigenvalue weighted by Crippen LogP contribution is -2.54. The van der Waals surface area contributed by atoms with Gasteiger partial charge in [-0.05, 0) is 39.0 Å². The number of likely N-dealkylation sites (N-methyl/N-ethyl adjacent to an activating group) is 1. The zero-order chi connectivity index (χ0) is 15.3. The minimum Gasteiger partial charge on any atom is -0.481 e. The van der Waals surface area contributed by atoms with Gasteiger partial charge >= 0.3 is 12.0 Å². The summed E-state index contributed by atoms with van der Waals surface area (Å²) in [5, 5.41) is 18.0. The van der Waals surface area contributed by atoms with Crippen LogP contribution in [0, 0.1) is 5.92 Å². The van der Waals surface area contributed by atoms with Crippen molar-refractivity contribution in [3.05, 3.63) is 0 Å². The highest BCUT2D eigenvalue weighted by atomic mass is 16.4. The highest BCUT2D eigenvalue weighted by Crippen LogP contribution is 2.23. The van der Waals surface area contributed by atoms with E-state index in [1.165, 1.54) is 0 Å². The van der Waals surface area contributed by atoms with Crippen molar-refractivity contribution in [1.29, 1.82) is 0 Å². The molecule has 20 heavy (non-hydrogen) atoms. The number of amides is 2. The Labute approximate surface area is 120 Å². The molecule has 0 aromatic carbocycles. The number of piperidine rings is 1. The monoisotopic (exact) mass is 286 g/mol. The number of likely N-dealkylation sites (tertiary alicyclic amines) is 1. The second-order valence-corrected chi connectivity index (χ2v) is 6.17. The molecule has 1 saturated heterocycles. The zero-order valence-corrected chi connectivity index (χ0v) is 12.6. The van der Waals surface area contributed by atoms with E-state index in [1.807, 2.05) is 13.8 Å². The Kier molecular flexibility index (Phi) is 5.80. The zero-order valence-electron chi connectivity index (χ0n) is 12.6. The molecule has 0 aliphatic carbocycles. The van der Waals surface area contributed by atoms with Crippen LogP contribution in [0.25, 0.3) is 0 Å². The van der Waals surface area contributed by atoms with E-state index in [2.05, 4.69) is 0 Å². The number of aliphatic hydroxyl groups is 1. The molecule has 6 heteroatoms. The molecular weight excluding hydrogens is 260 g/mol. The molecule has 1 heterocycles. The fraction of sp³-hybridized carbons (Fsp3) is 0.857. The van der Waals surface area contributed by atoms with Crippen LogP contribution in [0.4, 0.5) is 4.79 Å². The van der Waals surface area contributed by atoms with Crippen LogP contribution in [-0.2, 0) is 4.79 Å². The van der Waals surface area contributed by atoms with E-state index in [9.17, 15) is 14.7 Å². The van der Waals surface area contributed by atoms with Gasteiger partial charge in [0.05, 0.1) is 12.1 Å². The number of carboxylic acids is 1. The standard InChI is InChI=1S/C14H26N2O4/c1-14(2,10-17)15(3)13(20)16-8-6-11(7-9-16)4-5-12(18)19/h11,17H,4-10H2,1-3H3,(H,18,19). The molecule has 1 fully saturated rings. The number of carboxylic acid groups (broad SMARTS) is 1. The first-order valence-electron chi connectivity index (χ1n) is 7.13. The highest BCUT2D eigenvalue weighted by molar-refractivity contribution is 5.75. The number of hydrogen-bond acceptors (Lipinski definition) is 3. The van der Waals surface area contributed by atoms with Gasteiger partial charge in [-0.2, -0.15) is 0 Å². The van der Waals surface area contributed by atoms with Gasteiger partial charge in [-0.25, -0.2) is 4.79 Å². The molecule has 0 spiro atoms. The maximum Gasteiger partial charge on any atom is 0.320 e. The van der Waals surface area contributed by atoms with Gasteiger partial charge in [-0.3, -0.25) is 4.79 Å². The van der Waals surface area contributed by atoms with Crippen molar-refractivity contribution >= 4 is 12.0 Å². The highest BCUT2D eigenvalue weighted by Gasteiger charge is 2.32. The van der Waals surface area contributed by atoms with Crippen LogP contribution in [0.2, 0.25) is 0 Å². The number of urea groups is 1. The third-order valence-electron chi connectivity index (χ3n) is 4.23. The minimum absolute atomic E-state index is 0.0688. The van der Waals surface area contributed by atoms with E-state index < -0.39 is 11.5 Å². The molecule has 1 aliphatic rings. The Morgan fingerprint density at radius 1 is 1.30 bits per heavy atom. The first-order chi connectivity index (χ1) is 9.27. The van der Waals surface area contributed by atoms with E-state index in [4.69, 9.17) is 5.11 Å². The Balaban J connectivity index is 2.45. The molecule has 0 aromatic rings. The number of aliphatic carboxylic acids is 1. The van der Waals surface area contributed by atoms with Crippen molar-refractivity contribution in [1.82, 2.24) is 9.80 Å². The van der Waals surface area contributed by atoms with Gasteiger partial charge in [-0.15, -0.1) is 0 Å². The Bertz CT molecular complexity index is 349. The Morgan fingerprint density at radius 3 is 2.30 bits per heavy atom. The van der Waals surface area contributed by atoms with E-state index in [0.717, 1.165) is 12.8 Å². The molecule has 0 bridgehead atoms. The van der Waals surface area contributed by atoms with Gasteiger partial charge in [0.2, 0.25) is 0 Å². The lowest BCUT2D eigenvalue weighted by atomic mass is 9.92. The van der Waals surface area contributed by atoms with Crippen molar-refractivity contribution in [3.63, 3.8) is 0 Å². The quantitative estimate of drug-likeness (QED) is 0.800. The van der Waals surface area contributed by atoms with Gasteiger partial charge in [0.25, 0.3) is 0 Å². The fourth-order valence-corrected chi connectivity index (χ4v) is 2.32. The van der Waals surface area contributed by atoms with Crippen LogP contribution in [-0.4, -0.2) is 64.3 Å².